The molecule has 23 heavy (non-hydrogen) atoms. The number of aliphatic carboxylic acids is 1. The third-order valence-electron chi connectivity index (χ3n) is 3.08. The van der Waals surface area contributed by atoms with Crippen LogP contribution in [0.3, 0.4) is 0 Å². The van der Waals surface area contributed by atoms with Crippen molar-refractivity contribution < 1.29 is 24.2 Å². The summed E-state index contributed by atoms with van der Waals surface area (Å²) in [6, 6.07) is 6.94. The minimum atomic E-state index is -1.05. The van der Waals surface area contributed by atoms with Crippen LogP contribution in [-0.2, 0) is 9.59 Å². The fourth-order valence-electron chi connectivity index (χ4n) is 1.95. The zero-order valence-corrected chi connectivity index (χ0v) is 13.4. The Hall–Kier alpha value is -2.57. The van der Waals surface area contributed by atoms with Crippen molar-refractivity contribution in [2.24, 2.45) is 0 Å². The quantitative estimate of drug-likeness (QED) is 0.665. The van der Waals surface area contributed by atoms with E-state index in [1.54, 1.807) is 24.3 Å². The monoisotopic (exact) mass is 322 g/mol. The first kappa shape index (κ1) is 18.5. The van der Waals surface area contributed by atoms with E-state index < -0.39 is 5.97 Å². The average Bonchev–Trinajstić information content (AvgIpc) is 2.51. The number of hydrogen-bond acceptors (Lipinski definition) is 4. The Kier molecular flexibility index (Phi) is 7.59. The Labute approximate surface area is 135 Å². The van der Waals surface area contributed by atoms with Crippen LogP contribution in [0.5, 0.6) is 5.75 Å². The van der Waals surface area contributed by atoms with Crippen LogP contribution in [-0.4, -0.2) is 54.5 Å². The summed E-state index contributed by atoms with van der Waals surface area (Å²) in [5, 5.41) is 11.3. The minimum absolute atomic E-state index is 0.178. The van der Waals surface area contributed by atoms with Crippen molar-refractivity contribution >= 4 is 17.8 Å². The summed E-state index contributed by atoms with van der Waals surface area (Å²) in [6.07, 6.45) is 0.614. The Balaban J connectivity index is 2.40. The molecule has 0 atom stereocenters. The molecule has 1 aromatic rings. The summed E-state index contributed by atoms with van der Waals surface area (Å²) in [7, 11) is 1.44. The van der Waals surface area contributed by atoms with Gasteiger partial charge in [-0.05, 0) is 25.5 Å². The molecule has 126 valence electrons. The number of rotatable bonds is 9. The van der Waals surface area contributed by atoms with Crippen LogP contribution in [0.2, 0.25) is 0 Å². The predicted octanol–water partition coefficient (Wildman–Crippen LogP) is 1.14. The maximum atomic E-state index is 12.1. The third-order valence-corrected chi connectivity index (χ3v) is 3.08. The molecule has 0 radical (unpaired) electrons. The van der Waals surface area contributed by atoms with Gasteiger partial charge in [-0.2, -0.15) is 0 Å². The molecule has 0 saturated heterocycles. The van der Waals surface area contributed by atoms with E-state index in [0.29, 0.717) is 30.9 Å². The first-order valence-corrected chi connectivity index (χ1v) is 7.41. The second-order valence-electron chi connectivity index (χ2n) is 4.93. The van der Waals surface area contributed by atoms with Crippen LogP contribution < -0.4 is 10.1 Å². The molecule has 0 spiro atoms. The summed E-state index contributed by atoms with van der Waals surface area (Å²) in [5.41, 5.74) is 0.448. The number of ether oxygens (including phenoxy) is 1. The molecule has 0 heterocycles. The van der Waals surface area contributed by atoms with Gasteiger partial charge in [0.1, 0.15) is 12.3 Å². The van der Waals surface area contributed by atoms with E-state index >= 15 is 0 Å². The molecule has 1 aromatic carbocycles. The number of likely N-dealkylation sites (N-methyl/N-ethyl adjacent to an activating group) is 1. The van der Waals surface area contributed by atoms with Gasteiger partial charge in [0.15, 0.2) is 0 Å². The number of carbonyl (C=O) groups excluding carboxylic acids is 2. The van der Waals surface area contributed by atoms with Crippen molar-refractivity contribution in [1.82, 2.24) is 10.2 Å². The summed E-state index contributed by atoms with van der Waals surface area (Å²) in [6.45, 7) is 2.31. The van der Waals surface area contributed by atoms with Crippen molar-refractivity contribution in [2.75, 3.05) is 26.7 Å². The molecule has 7 nitrogen and oxygen atoms in total. The van der Waals surface area contributed by atoms with Crippen molar-refractivity contribution in [3.8, 4) is 5.75 Å². The molecule has 1 rings (SSSR count). The van der Waals surface area contributed by atoms with E-state index in [4.69, 9.17) is 9.84 Å². The third kappa shape index (κ3) is 6.37. The normalized spacial score (nSPS) is 10.0. The van der Waals surface area contributed by atoms with E-state index in [1.807, 2.05) is 6.92 Å². The second kappa shape index (κ2) is 9.45. The van der Waals surface area contributed by atoms with E-state index in [9.17, 15) is 14.4 Å². The highest BCUT2D eigenvalue weighted by Crippen LogP contribution is 2.17. The summed E-state index contributed by atoms with van der Waals surface area (Å²) < 4.78 is 5.39. The molecule has 2 amide bonds. The van der Waals surface area contributed by atoms with Crippen LogP contribution >= 0.6 is 0 Å². The number of carboxylic acids is 1. The molecule has 7 heteroatoms. The molecule has 0 unspecified atom stereocenters. The van der Waals surface area contributed by atoms with E-state index in [1.165, 1.54) is 7.05 Å². The number of nitrogens with one attached hydrogen (secondary N) is 1. The molecule has 2 N–H and O–H groups in total. The molecule has 0 bridgehead atoms. The van der Waals surface area contributed by atoms with Crippen LogP contribution in [0.1, 0.15) is 30.1 Å². The minimum Gasteiger partial charge on any atom is -0.493 e. The predicted molar refractivity (Wildman–Crippen MR) is 84.5 cm³/mol. The Bertz CT molecular complexity index is 559. The Morgan fingerprint density at radius 1 is 1.26 bits per heavy atom. The largest absolute Gasteiger partial charge is 0.493 e. The highest BCUT2D eigenvalue weighted by Gasteiger charge is 2.13. The van der Waals surface area contributed by atoms with E-state index in [2.05, 4.69) is 5.32 Å². The van der Waals surface area contributed by atoms with Gasteiger partial charge in [0.2, 0.25) is 5.91 Å². The van der Waals surface area contributed by atoms with Gasteiger partial charge in [-0.25, -0.2) is 0 Å². The summed E-state index contributed by atoms with van der Waals surface area (Å²) in [5.74, 6) is -1.07. The van der Waals surface area contributed by atoms with Crippen molar-refractivity contribution in [2.45, 2.75) is 19.8 Å². The average molecular weight is 322 g/mol. The van der Waals surface area contributed by atoms with Gasteiger partial charge in [-0.1, -0.05) is 12.1 Å². The molecular formula is C16H22N2O5. The lowest BCUT2D eigenvalue weighted by molar-refractivity contribution is -0.143. The zero-order chi connectivity index (χ0) is 17.2. The van der Waals surface area contributed by atoms with Crippen molar-refractivity contribution in [3.63, 3.8) is 0 Å². The van der Waals surface area contributed by atoms with Crippen LogP contribution in [0.25, 0.3) is 0 Å². The number of nitrogens with zero attached hydrogens (tertiary/aromatic N) is 1. The summed E-state index contributed by atoms with van der Waals surface area (Å²) in [4.78, 5) is 35.4. The van der Waals surface area contributed by atoms with Gasteiger partial charge in [0, 0.05) is 20.0 Å². The van der Waals surface area contributed by atoms with E-state index in [-0.39, 0.29) is 24.8 Å². The van der Waals surface area contributed by atoms with Gasteiger partial charge in [0.25, 0.3) is 5.91 Å². The van der Waals surface area contributed by atoms with Crippen LogP contribution in [0.15, 0.2) is 24.3 Å². The second-order valence-corrected chi connectivity index (χ2v) is 4.93. The van der Waals surface area contributed by atoms with Gasteiger partial charge >= 0.3 is 5.97 Å². The number of carboxylic acid groups (broad SMARTS) is 1. The number of hydrogen-bond donors (Lipinski definition) is 2. The number of amides is 2. The Morgan fingerprint density at radius 3 is 2.61 bits per heavy atom. The lowest BCUT2D eigenvalue weighted by Crippen LogP contribution is -2.32. The van der Waals surface area contributed by atoms with Crippen LogP contribution in [0.4, 0.5) is 0 Å². The maximum Gasteiger partial charge on any atom is 0.323 e. The lowest BCUT2D eigenvalue weighted by atomic mass is 10.2. The highest BCUT2D eigenvalue weighted by molar-refractivity contribution is 5.96. The smallest absolute Gasteiger partial charge is 0.323 e. The van der Waals surface area contributed by atoms with Crippen molar-refractivity contribution in [1.29, 1.82) is 0 Å². The lowest BCUT2D eigenvalue weighted by Gasteiger charge is -2.14. The first-order valence-electron chi connectivity index (χ1n) is 7.41. The van der Waals surface area contributed by atoms with Gasteiger partial charge in [-0.3, -0.25) is 14.4 Å². The molecule has 0 aliphatic heterocycles. The summed E-state index contributed by atoms with van der Waals surface area (Å²) >= 11 is 0. The molecule has 0 fully saturated rings. The molecule has 0 aliphatic rings. The highest BCUT2D eigenvalue weighted by atomic mass is 16.5. The molecule has 0 aliphatic carbocycles. The maximum absolute atomic E-state index is 12.1. The van der Waals surface area contributed by atoms with Gasteiger partial charge in [0.05, 0.1) is 12.2 Å². The number of para-hydroxylation sites is 1. The molecular weight excluding hydrogens is 300 g/mol. The van der Waals surface area contributed by atoms with Gasteiger partial charge in [-0.15, -0.1) is 0 Å². The number of carbonyl (C=O) groups is 3. The SMILES string of the molecule is CCOc1ccccc1C(=O)NCCCC(=O)N(C)CC(=O)O. The molecule has 0 aromatic heterocycles. The standard InChI is InChI=1S/C16H22N2O5/c1-3-23-13-8-5-4-7-12(13)16(22)17-10-6-9-14(19)18(2)11-15(20)21/h4-5,7-8H,3,6,9-11H2,1-2H3,(H,17,22)(H,20,21). The molecule has 0 saturated carbocycles. The number of benzene rings is 1. The fourth-order valence-corrected chi connectivity index (χ4v) is 1.95. The van der Waals surface area contributed by atoms with Crippen molar-refractivity contribution in [3.05, 3.63) is 29.8 Å². The topological polar surface area (TPSA) is 95.9 Å². The first-order chi connectivity index (χ1) is 11.0. The van der Waals surface area contributed by atoms with Crippen LogP contribution in [0, 0.1) is 0 Å². The fraction of sp³-hybridized carbons (Fsp3) is 0.438. The van der Waals surface area contributed by atoms with E-state index in [0.717, 1.165) is 4.90 Å². The van der Waals surface area contributed by atoms with Gasteiger partial charge < -0.3 is 20.1 Å². The Morgan fingerprint density at radius 2 is 1.96 bits per heavy atom. The zero-order valence-electron chi connectivity index (χ0n) is 13.4.